The zero-order valence-corrected chi connectivity index (χ0v) is 23.0. The molecule has 198 valence electrons. The van der Waals surface area contributed by atoms with Crippen molar-refractivity contribution in [1.29, 1.82) is 0 Å². The summed E-state index contributed by atoms with van der Waals surface area (Å²) in [4.78, 5) is 9.13. The molecule has 0 saturated carbocycles. The molecule has 4 heterocycles. The summed E-state index contributed by atoms with van der Waals surface area (Å²) in [5.41, 5.74) is 11.8. The SMILES string of the molecule is CC(C)(C)c1cc2c3c(c1)Nc1ccc(-c4nc5ccccc5o4)cc1B3c1cc(Oc3ccccn3)ccc1N2. The summed E-state index contributed by atoms with van der Waals surface area (Å²) < 4.78 is 12.3. The number of anilines is 4. The van der Waals surface area contributed by atoms with Crippen LogP contribution in [0.5, 0.6) is 11.6 Å². The molecule has 0 fully saturated rings. The van der Waals surface area contributed by atoms with Gasteiger partial charge >= 0.3 is 0 Å². The number of ether oxygens (including phenoxy) is 1. The molecular formula is C34H27BN4O2. The van der Waals surface area contributed by atoms with Gasteiger partial charge in [0.25, 0.3) is 6.71 Å². The van der Waals surface area contributed by atoms with Gasteiger partial charge < -0.3 is 19.8 Å². The van der Waals surface area contributed by atoms with E-state index in [1.165, 1.54) is 16.5 Å². The first kappa shape index (κ1) is 23.8. The van der Waals surface area contributed by atoms with Gasteiger partial charge in [-0.2, -0.15) is 0 Å². The van der Waals surface area contributed by atoms with E-state index in [1.54, 1.807) is 6.20 Å². The molecule has 0 saturated heterocycles. The van der Waals surface area contributed by atoms with Gasteiger partial charge in [0, 0.05) is 40.6 Å². The Kier molecular flexibility index (Phi) is 5.07. The molecule has 2 aliphatic rings. The molecule has 0 radical (unpaired) electrons. The first-order valence-electron chi connectivity index (χ1n) is 13.9. The van der Waals surface area contributed by atoms with Crippen molar-refractivity contribution >= 4 is 57.0 Å². The van der Waals surface area contributed by atoms with Gasteiger partial charge in [0.05, 0.1) is 0 Å². The number of oxazole rings is 1. The second-order valence-corrected chi connectivity index (χ2v) is 11.7. The molecule has 8 rings (SSSR count). The van der Waals surface area contributed by atoms with E-state index >= 15 is 0 Å². The van der Waals surface area contributed by atoms with Gasteiger partial charge in [0.2, 0.25) is 11.8 Å². The number of pyridine rings is 1. The second kappa shape index (κ2) is 8.73. The Morgan fingerprint density at radius 2 is 1.49 bits per heavy atom. The van der Waals surface area contributed by atoms with Crippen LogP contribution in [-0.2, 0) is 5.41 Å². The van der Waals surface area contributed by atoms with E-state index in [-0.39, 0.29) is 12.1 Å². The largest absolute Gasteiger partial charge is 0.439 e. The number of hydrogen-bond donors (Lipinski definition) is 2. The molecule has 6 aromatic rings. The topological polar surface area (TPSA) is 72.2 Å². The van der Waals surface area contributed by atoms with Crippen molar-refractivity contribution in [2.75, 3.05) is 10.6 Å². The van der Waals surface area contributed by atoms with Crippen LogP contribution in [0.15, 0.2) is 102 Å². The van der Waals surface area contributed by atoms with E-state index in [0.29, 0.717) is 11.8 Å². The third-order valence-corrected chi connectivity index (χ3v) is 7.97. The number of nitrogens with one attached hydrogen (secondary N) is 2. The Bertz CT molecular complexity index is 1930. The molecule has 0 aliphatic carbocycles. The van der Waals surface area contributed by atoms with Gasteiger partial charge in [-0.15, -0.1) is 0 Å². The van der Waals surface area contributed by atoms with Crippen LogP contribution in [0.4, 0.5) is 22.7 Å². The van der Waals surface area contributed by atoms with E-state index in [2.05, 4.69) is 78.9 Å². The third-order valence-electron chi connectivity index (χ3n) is 7.97. The maximum atomic E-state index is 6.17. The molecule has 6 nitrogen and oxygen atoms in total. The normalized spacial score (nSPS) is 13.1. The summed E-state index contributed by atoms with van der Waals surface area (Å²) in [6.45, 7) is 6.74. The maximum Gasteiger partial charge on any atom is 0.252 e. The van der Waals surface area contributed by atoms with Crippen LogP contribution in [0, 0.1) is 0 Å². The van der Waals surface area contributed by atoms with Gasteiger partial charge in [0.1, 0.15) is 11.3 Å². The van der Waals surface area contributed by atoms with Gasteiger partial charge in [0.15, 0.2) is 5.58 Å². The fourth-order valence-electron chi connectivity index (χ4n) is 5.90. The summed E-state index contributed by atoms with van der Waals surface area (Å²) in [7, 11) is 0. The average Bonchev–Trinajstić information content (AvgIpc) is 3.41. The summed E-state index contributed by atoms with van der Waals surface area (Å²) in [5.74, 6) is 1.93. The number of nitrogens with zero attached hydrogens (tertiary/aromatic N) is 2. The minimum atomic E-state index is -0.0156. The summed E-state index contributed by atoms with van der Waals surface area (Å²) in [6.07, 6.45) is 1.74. The van der Waals surface area contributed by atoms with E-state index in [1.807, 2.05) is 48.5 Å². The van der Waals surface area contributed by atoms with Crippen molar-refractivity contribution in [3.63, 3.8) is 0 Å². The minimum Gasteiger partial charge on any atom is -0.439 e. The highest BCUT2D eigenvalue weighted by Gasteiger charge is 2.39. The number of fused-ring (bicyclic) bond motifs is 5. The third kappa shape index (κ3) is 3.96. The molecule has 7 heteroatoms. The highest BCUT2D eigenvalue weighted by atomic mass is 16.5. The number of aromatic nitrogens is 2. The van der Waals surface area contributed by atoms with Crippen molar-refractivity contribution in [1.82, 2.24) is 9.97 Å². The zero-order chi connectivity index (χ0) is 27.7. The van der Waals surface area contributed by atoms with Crippen molar-refractivity contribution in [3.8, 4) is 23.1 Å². The van der Waals surface area contributed by atoms with E-state index in [4.69, 9.17) is 14.1 Å². The molecule has 0 unspecified atom stereocenters. The van der Waals surface area contributed by atoms with Crippen LogP contribution in [0.3, 0.4) is 0 Å². The maximum absolute atomic E-state index is 6.17. The second-order valence-electron chi connectivity index (χ2n) is 11.7. The molecule has 0 bridgehead atoms. The molecule has 41 heavy (non-hydrogen) atoms. The van der Waals surface area contributed by atoms with E-state index < -0.39 is 0 Å². The predicted octanol–water partition coefficient (Wildman–Crippen LogP) is 6.61. The molecule has 2 aromatic heterocycles. The molecule has 0 spiro atoms. The summed E-state index contributed by atoms with van der Waals surface area (Å²) in [6, 6.07) is 30.8. The first-order valence-corrected chi connectivity index (χ1v) is 13.9. The van der Waals surface area contributed by atoms with Gasteiger partial charge in [-0.05, 0) is 88.0 Å². The van der Waals surface area contributed by atoms with Crippen LogP contribution in [-0.4, -0.2) is 16.7 Å². The first-order chi connectivity index (χ1) is 19.9. The number of hydrogen-bond acceptors (Lipinski definition) is 6. The van der Waals surface area contributed by atoms with Crippen LogP contribution in [0.1, 0.15) is 26.3 Å². The van der Waals surface area contributed by atoms with Gasteiger partial charge in [-0.25, -0.2) is 9.97 Å². The molecule has 2 N–H and O–H groups in total. The lowest BCUT2D eigenvalue weighted by Gasteiger charge is -2.36. The number of benzene rings is 4. The monoisotopic (exact) mass is 534 g/mol. The number of para-hydroxylation sites is 2. The van der Waals surface area contributed by atoms with Crippen molar-refractivity contribution < 1.29 is 9.15 Å². The lowest BCUT2D eigenvalue weighted by molar-refractivity contribution is 0.463. The zero-order valence-electron chi connectivity index (χ0n) is 23.0. The smallest absolute Gasteiger partial charge is 0.252 e. The Labute approximate surface area is 238 Å². The van der Waals surface area contributed by atoms with Crippen LogP contribution in [0.2, 0.25) is 0 Å². The standard InChI is InChI=1S/C34H27BN4O2/c1-34(2,3)21-17-28-32-29(18-21)38-26-14-12-22(40-31-10-6-7-15-36-31)19-24(26)35(32)23-16-20(11-13-25(23)37-28)33-39-27-8-4-5-9-30(27)41-33/h4-19,37-38H,1-3H3. The minimum absolute atomic E-state index is 0.00212. The Balaban J connectivity index is 1.31. The van der Waals surface area contributed by atoms with Crippen molar-refractivity contribution in [2.24, 2.45) is 0 Å². The summed E-state index contributed by atoms with van der Waals surface area (Å²) >= 11 is 0. The Hall–Kier alpha value is -5.04. The number of rotatable bonds is 3. The molecule has 0 atom stereocenters. The average molecular weight is 534 g/mol. The lowest BCUT2D eigenvalue weighted by atomic mass is 9.33. The lowest BCUT2D eigenvalue weighted by Crippen LogP contribution is -2.59. The van der Waals surface area contributed by atoms with E-state index in [0.717, 1.165) is 50.6 Å². The quantitative estimate of drug-likeness (QED) is 0.249. The van der Waals surface area contributed by atoms with E-state index in [9.17, 15) is 0 Å². The fourth-order valence-corrected chi connectivity index (χ4v) is 5.90. The van der Waals surface area contributed by atoms with Gasteiger partial charge in [-0.1, -0.05) is 45.0 Å². The van der Waals surface area contributed by atoms with Crippen LogP contribution < -0.4 is 31.8 Å². The van der Waals surface area contributed by atoms with Crippen LogP contribution >= 0.6 is 0 Å². The molecule has 0 amide bonds. The van der Waals surface area contributed by atoms with Gasteiger partial charge in [-0.3, -0.25) is 0 Å². The van der Waals surface area contributed by atoms with Crippen molar-refractivity contribution in [3.05, 3.63) is 103 Å². The van der Waals surface area contributed by atoms with Crippen LogP contribution in [0.25, 0.3) is 22.6 Å². The Morgan fingerprint density at radius 1 is 0.756 bits per heavy atom. The molecular weight excluding hydrogens is 507 g/mol. The summed E-state index contributed by atoms with van der Waals surface area (Å²) in [5, 5.41) is 7.49. The fraction of sp³-hybridized carbons (Fsp3) is 0.118. The highest BCUT2D eigenvalue weighted by molar-refractivity contribution is 7.00. The molecule has 4 aromatic carbocycles. The van der Waals surface area contributed by atoms with Crippen molar-refractivity contribution in [2.45, 2.75) is 26.2 Å². The predicted molar refractivity (Wildman–Crippen MR) is 167 cm³/mol. The molecule has 2 aliphatic heterocycles. The Morgan fingerprint density at radius 3 is 2.22 bits per heavy atom. The highest BCUT2D eigenvalue weighted by Crippen LogP contribution is 2.36.